The van der Waals surface area contributed by atoms with Gasteiger partial charge in [-0.2, -0.15) is 0 Å². The first-order chi connectivity index (χ1) is 13.7. The van der Waals surface area contributed by atoms with E-state index in [1.165, 1.54) is 25.1 Å². The van der Waals surface area contributed by atoms with Crippen LogP contribution in [0.3, 0.4) is 0 Å². The molecule has 1 aromatic rings. The van der Waals surface area contributed by atoms with Crippen LogP contribution in [0, 0.1) is 5.92 Å². The van der Waals surface area contributed by atoms with Crippen LogP contribution in [0.4, 0.5) is 0 Å². The predicted octanol–water partition coefficient (Wildman–Crippen LogP) is 1.68. The third-order valence-corrected chi connectivity index (χ3v) is 5.39. The highest BCUT2D eigenvalue weighted by Crippen LogP contribution is 2.15. The molecule has 0 saturated carbocycles. The van der Waals surface area contributed by atoms with Gasteiger partial charge in [0.2, 0.25) is 0 Å². The summed E-state index contributed by atoms with van der Waals surface area (Å²) in [6.45, 7) is 8.32. The number of rotatable bonds is 12. The van der Waals surface area contributed by atoms with Crippen LogP contribution in [0.1, 0.15) is 18.4 Å². The van der Waals surface area contributed by atoms with Gasteiger partial charge in [0, 0.05) is 60.0 Å². The van der Waals surface area contributed by atoms with Crippen molar-refractivity contribution in [2.24, 2.45) is 10.9 Å². The van der Waals surface area contributed by atoms with Gasteiger partial charge in [0.25, 0.3) is 0 Å². The summed E-state index contributed by atoms with van der Waals surface area (Å²) in [6.07, 6.45) is 3.48. The number of likely N-dealkylation sites (tertiary alicyclic amines) is 1. The van der Waals surface area contributed by atoms with Crippen molar-refractivity contribution < 1.29 is 4.74 Å². The highest BCUT2D eigenvalue weighted by Gasteiger charge is 2.22. The lowest BCUT2D eigenvalue weighted by molar-refractivity contribution is 0.180. The molecule has 1 saturated heterocycles. The normalized spacial score (nSPS) is 18.0. The van der Waals surface area contributed by atoms with Crippen molar-refractivity contribution in [3.63, 3.8) is 0 Å². The highest BCUT2D eigenvalue weighted by atomic mass is 16.5. The summed E-state index contributed by atoms with van der Waals surface area (Å²) in [5.41, 5.74) is 1.43. The summed E-state index contributed by atoms with van der Waals surface area (Å²) in [4.78, 5) is 9.27. The number of hydrogen-bond donors (Lipinski definition) is 2. The summed E-state index contributed by atoms with van der Waals surface area (Å²) in [5, 5.41) is 6.93. The van der Waals surface area contributed by atoms with Crippen LogP contribution in [0.2, 0.25) is 0 Å². The van der Waals surface area contributed by atoms with E-state index in [4.69, 9.17) is 4.74 Å². The molecule has 28 heavy (non-hydrogen) atoms. The number of aliphatic imine (C=N–C) groups is 1. The van der Waals surface area contributed by atoms with Gasteiger partial charge in [-0.1, -0.05) is 30.3 Å². The van der Waals surface area contributed by atoms with E-state index in [0.29, 0.717) is 5.92 Å². The highest BCUT2D eigenvalue weighted by molar-refractivity contribution is 5.79. The lowest BCUT2D eigenvalue weighted by Crippen LogP contribution is -2.43. The van der Waals surface area contributed by atoms with Crippen molar-refractivity contribution in [3.8, 4) is 0 Å². The lowest BCUT2D eigenvalue weighted by Gasteiger charge is -2.19. The quantitative estimate of drug-likeness (QED) is 0.324. The Balaban J connectivity index is 1.56. The molecular weight excluding hydrogens is 350 g/mol. The van der Waals surface area contributed by atoms with E-state index in [9.17, 15) is 0 Å². The van der Waals surface area contributed by atoms with Gasteiger partial charge in [0.15, 0.2) is 5.96 Å². The standard InChI is InChI=1S/C22H39N5O/c1-23-22(24-12-16-26(2)13-7-17-28-3)25-18-21-11-15-27(19-21)14-10-20-8-5-4-6-9-20/h4-6,8-9,21H,7,10-19H2,1-3H3,(H2,23,24,25). The Labute approximate surface area is 171 Å². The summed E-state index contributed by atoms with van der Waals surface area (Å²) in [7, 11) is 5.75. The van der Waals surface area contributed by atoms with Gasteiger partial charge in [0.05, 0.1) is 0 Å². The van der Waals surface area contributed by atoms with E-state index in [2.05, 4.69) is 62.8 Å². The molecule has 1 aliphatic rings. The van der Waals surface area contributed by atoms with E-state index in [1.54, 1.807) is 7.11 Å². The fraction of sp³-hybridized carbons (Fsp3) is 0.682. The van der Waals surface area contributed by atoms with Gasteiger partial charge in [-0.15, -0.1) is 0 Å². The first-order valence-corrected chi connectivity index (χ1v) is 10.6. The fourth-order valence-corrected chi connectivity index (χ4v) is 3.63. The van der Waals surface area contributed by atoms with Crippen LogP contribution < -0.4 is 10.6 Å². The SMILES string of the molecule is CN=C(NCCN(C)CCCOC)NCC1CCN(CCc2ccccc2)C1. The van der Waals surface area contributed by atoms with Crippen LogP contribution in [0.25, 0.3) is 0 Å². The third kappa shape index (κ3) is 9.04. The monoisotopic (exact) mass is 389 g/mol. The molecular formula is C22H39N5O. The van der Waals surface area contributed by atoms with Crippen molar-refractivity contribution in [2.75, 3.05) is 73.6 Å². The lowest BCUT2D eigenvalue weighted by atomic mass is 10.1. The van der Waals surface area contributed by atoms with Crippen molar-refractivity contribution in [1.29, 1.82) is 0 Å². The van der Waals surface area contributed by atoms with E-state index in [1.807, 2.05) is 7.05 Å². The Kier molecular flexibility index (Phi) is 10.9. The van der Waals surface area contributed by atoms with Crippen LogP contribution in [0.5, 0.6) is 0 Å². The summed E-state index contributed by atoms with van der Waals surface area (Å²) < 4.78 is 5.10. The number of methoxy groups -OCH3 is 1. The summed E-state index contributed by atoms with van der Waals surface area (Å²) in [6, 6.07) is 10.8. The van der Waals surface area contributed by atoms with Crippen molar-refractivity contribution in [1.82, 2.24) is 20.4 Å². The minimum Gasteiger partial charge on any atom is -0.385 e. The van der Waals surface area contributed by atoms with E-state index in [0.717, 1.165) is 58.1 Å². The van der Waals surface area contributed by atoms with Crippen LogP contribution in [-0.4, -0.2) is 89.4 Å². The minimum absolute atomic E-state index is 0.700. The molecule has 2 N–H and O–H groups in total. The van der Waals surface area contributed by atoms with Crippen LogP contribution in [-0.2, 0) is 11.2 Å². The Morgan fingerprint density at radius 3 is 2.82 bits per heavy atom. The molecule has 1 atom stereocenters. The summed E-state index contributed by atoms with van der Waals surface area (Å²) >= 11 is 0. The topological polar surface area (TPSA) is 52.1 Å². The van der Waals surface area contributed by atoms with Crippen molar-refractivity contribution in [3.05, 3.63) is 35.9 Å². The second-order valence-corrected chi connectivity index (χ2v) is 7.72. The second kappa shape index (κ2) is 13.5. The smallest absolute Gasteiger partial charge is 0.191 e. The number of ether oxygens (including phenoxy) is 1. The number of nitrogens with zero attached hydrogens (tertiary/aromatic N) is 3. The summed E-state index contributed by atoms with van der Waals surface area (Å²) in [5.74, 6) is 1.61. The number of guanidine groups is 1. The van der Waals surface area contributed by atoms with E-state index < -0.39 is 0 Å². The van der Waals surface area contributed by atoms with Gasteiger partial charge >= 0.3 is 0 Å². The van der Waals surface area contributed by atoms with E-state index in [-0.39, 0.29) is 0 Å². The molecule has 1 unspecified atom stereocenters. The molecule has 0 spiro atoms. The van der Waals surface area contributed by atoms with E-state index >= 15 is 0 Å². The van der Waals surface area contributed by atoms with Gasteiger partial charge in [-0.3, -0.25) is 4.99 Å². The average molecular weight is 390 g/mol. The number of likely N-dealkylation sites (N-methyl/N-ethyl adjacent to an activating group) is 1. The molecule has 1 heterocycles. The molecule has 0 aromatic heterocycles. The molecule has 1 aromatic carbocycles. The molecule has 0 amide bonds. The molecule has 1 aliphatic heterocycles. The van der Waals surface area contributed by atoms with Gasteiger partial charge in [-0.05, 0) is 44.3 Å². The van der Waals surface area contributed by atoms with Gasteiger partial charge in [0.1, 0.15) is 0 Å². The van der Waals surface area contributed by atoms with Gasteiger partial charge < -0.3 is 25.2 Å². The number of hydrogen-bond acceptors (Lipinski definition) is 4. The molecule has 0 aliphatic carbocycles. The number of benzene rings is 1. The second-order valence-electron chi connectivity index (χ2n) is 7.72. The molecule has 0 radical (unpaired) electrons. The predicted molar refractivity (Wildman–Crippen MR) is 118 cm³/mol. The van der Waals surface area contributed by atoms with Crippen LogP contribution in [0.15, 0.2) is 35.3 Å². The third-order valence-electron chi connectivity index (χ3n) is 5.39. The molecule has 2 rings (SSSR count). The Bertz CT molecular complexity index is 551. The molecule has 6 nitrogen and oxygen atoms in total. The molecule has 1 fully saturated rings. The zero-order valence-corrected chi connectivity index (χ0v) is 18.0. The largest absolute Gasteiger partial charge is 0.385 e. The fourth-order valence-electron chi connectivity index (χ4n) is 3.63. The Morgan fingerprint density at radius 2 is 2.07 bits per heavy atom. The zero-order valence-electron chi connectivity index (χ0n) is 18.0. The molecule has 0 bridgehead atoms. The maximum absolute atomic E-state index is 5.10. The van der Waals surface area contributed by atoms with Crippen LogP contribution >= 0.6 is 0 Å². The van der Waals surface area contributed by atoms with Crippen molar-refractivity contribution in [2.45, 2.75) is 19.3 Å². The average Bonchev–Trinajstić information content (AvgIpc) is 3.18. The minimum atomic E-state index is 0.700. The number of nitrogens with one attached hydrogen (secondary N) is 2. The first-order valence-electron chi connectivity index (χ1n) is 10.6. The Morgan fingerprint density at radius 1 is 1.25 bits per heavy atom. The van der Waals surface area contributed by atoms with Gasteiger partial charge in [-0.25, -0.2) is 0 Å². The Hall–Kier alpha value is -1.63. The zero-order chi connectivity index (χ0) is 20.0. The maximum Gasteiger partial charge on any atom is 0.191 e. The molecule has 158 valence electrons. The first kappa shape index (κ1) is 22.7. The maximum atomic E-state index is 5.10. The van der Waals surface area contributed by atoms with Crippen molar-refractivity contribution >= 4 is 5.96 Å². The molecule has 6 heteroatoms.